The van der Waals surface area contributed by atoms with Gasteiger partial charge < -0.3 is 14.7 Å². The first-order valence-corrected chi connectivity index (χ1v) is 9.06. The number of rotatable bonds is 4. The summed E-state index contributed by atoms with van der Waals surface area (Å²) in [5.74, 6) is -0.0895. The van der Waals surface area contributed by atoms with Crippen molar-refractivity contribution in [2.75, 3.05) is 11.9 Å². The van der Waals surface area contributed by atoms with Gasteiger partial charge in [0.15, 0.2) is 0 Å². The van der Waals surface area contributed by atoms with Crippen LogP contribution in [-0.2, 0) is 17.8 Å². The topological polar surface area (TPSA) is 88.3 Å². The molecule has 4 rings (SSSR count). The maximum atomic E-state index is 12.2. The van der Waals surface area contributed by atoms with Gasteiger partial charge in [-0.2, -0.15) is 0 Å². The Morgan fingerprint density at radius 2 is 2.07 bits per heavy atom. The Morgan fingerprint density at radius 3 is 2.86 bits per heavy atom. The predicted molar refractivity (Wildman–Crippen MR) is 104 cm³/mol. The van der Waals surface area contributed by atoms with Gasteiger partial charge in [-0.15, -0.1) is 0 Å². The molecule has 3 aromatic rings. The Labute approximate surface area is 162 Å². The molecule has 0 saturated heterocycles. The van der Waals surface area contributed by atoms with Crippen molar-refractivity contribution in [3.8, 4) is 11.1 Å². The second kappa shape index (κ2) is 7.26. The van der Waals surface area contributed by atoms with Crippen LogP contribution in [0.15, 0.2) is 47.4 Å². The first kappa shape index (κ1) is 17.9. The first-order valence-electron chi connectivity index (χ1n) is 9.06. The number of aromatic nitrogens is 2. The lowest BCUT2D eigenvalue weighted by molar-refractivity contribution is -0.118. The Hall–Kier alpha value is -3.48. The second-order valence-corrected chi connectivity index (χ2v) is 6.87. The third kappa shape index (κ3) is 3.38. The zero-order chi connectivity index (χ0) is 19.7. The van der Waals surface area contributed by atoms with Crippen LogP contribution < -0.4 is 10.2 Å². The fourth-order valence-corrected chi connectivity index (χ4v) is 3.37. The van der Waals surface area contributed by atoms with Crippen LogP contribution in [-0.4, -0.2) is 29.0 Å². The molecular formula is C21H20N4O3. The number of fused-ring (bicyclic) bond motifs is 1. The molecule has 0 fully saturated rings. The van der Waals surface area contributed by atoms with Gasteiger partial charge >= 0.3 is 0 Å². The number of amides is 2. The molecule has 0 atom stereocenters. The van der Waals surface area contributed by atoms with Crippen molar-refractivity contribution in [3.05, 3.63) is 65.3 Å². The number of nitrogens with one attached hydrogen (secondary N) is 1. The van der Waals surface area contributed by atoms with E-state index in [0.717, 1.165) is 34.4 Å². The van der Waals surface area contributed by atoms with E-state index in [4.69, 9.17) is 4.52 Å². The van der Waals surface area contributed by atoms with E-state index in [0.29, 0.717) is 24.2 Å². The van der Waals surface area contributed by atoms with Crippen LogP contribution >= 0.6 is 0 Å². The maximum absolute atomic E-state index is 12.2. The van der Waals surface area contributed by atoms with E-state index in [1.165, 1.54) is 6.26 Å². The summed E-state index contributed by atoms with van der Waals surface area (Å²) in [7, 11) is 1.81. The average Bonchev–Trinajstić information content (AvgIpc) is 3.15. The number of carbonyl (C=O) groups is 2. The molecule has 2 aromatic heterocycles. The Bertz CT molecular complexity index is 1060. The standard InChI is InChI=1S/C21H20N4O3/c1-13-18(12-28-24-13)21(27)23-10-14-7-17(11-22-9-14)15-3-5-19-16(8-15)4-6-20(26)25(19)2/h3,5,7-9,11-12H,4,6,10H2,1-2H3,(H,23,27). The van der Waals surface area contributed by atoms with E-state index in [2.05, 4.69) is 21.5 Å². The number of nitrogens with zero attached hydrogens (tertiary/aromatic N) is 3. The third-order valence-corrected chi connectivity index (χ3v) is 5.00. The van der Waals surface area contributed by atoms with Gasteiger partial charge in [0.25, 0.3) is 5.91 Å². The summed E-state index contributed by atoms with van der Waals surface area (Å²) in [6.45, 7) is 2.08. The number of pyridine rings is 1. The van der Waals surface area contributed by atoms with Gasteiger partial charge in [-0.05, 0) is 48.2 Å². The highest BCUT2D eigenvalue weighted by Crippen LogP contribution is 2.31. The van der Waals surface area contributed by atoms with Crippen molar-refractivity contribution in [2.24, 2.45) is 0 Å². The van der Waals surface area contributed by atoms with Gasteiger partial charge in [0.1, 0.15) is 11.8 Å². The number of carbonyl (C=O) groups excluding carboxylic acids is 2. The lowest BCUT2D eigenvalue weighted by Gasteiger charge is -2.26. The second-order valence-electron chi connectivity index (χ2n) is 6.87. The highest BCUT2D eigenvalue weighted by molar-refractivity contribution is 5.96. The predicted octanol–water partition coefficient (Wildman–Crippen LogP) is 2.88. The molecule has 0 saturated carbocycles. The summed E-state index contributed by atoms with van der Waals surface area (Å²) >= 11 is 0. The fraction of sp³-hybridized carbons (Fsp3) is 0.238. The van der Waals surface area contributed by atoms with Gasteiger partial charge in [-0.1, -0.05) is 11.2 Å². The molecule has 2 amide bonds. The largest absolute Gasteiger partial charge is 0.364 e. The van der Waals surface area contributed by atoms with Gasteiger partial charge in [0.05, 0.1) is 5.69 Å². The minimum absolute atomic E-state index is 0.141. The van der Waals surface area contributed by atoms with Crippen LogP contribution in [0.3, 0.4) is 0 Å². The molecule has 28 heavy (non-hydrogen) atoms. The Balaban J connectivity index is 1.52. The van der Waals surface area contributed by atoms with Gasteiger partial charge in [-0.25, -0.2) is 0 Å². The summed E-state index contributed by atoms with van der Waals surface area (Å²) in [5, 5.41) is 6.58. The Morgan fingerprint density at radius 1 is 1.21 bits per heavy atom. The third-order valence-electron chi connectivity index (χ3n) is 5.00. The summed E-state index contributed by atoms with van der Waals surface area (Å²) in [4.78, 5) is 30.1. The number of benzene rings is 1. The summed E-state index contributed by atoms with van der Waals surface area (Å²) in [6, 6.07) is 8.09. The molecule has 0 bridgehead atoms. The van der Waals surface area contributed by atoms with Crippen molar-refractivity contribution in [3.63, 3.8) is 0 Å². The van der Waals surface area contributed by atoms with Gasteiger partial charge in [0.2, 0.25) is 5.91 Å². The molecule has 1 aliphatic heterocycles. The molecule has 0 radical (unpaired) electrons. The van der Waals surface area contributed by atoms with E-state index in [9.17, 15) is 9.59 Å². The molecule has 0 spiro atoms. The normalized spacial score (nSPS) is 13.4. The summed E-state index contributed by atoms with van der Waals surface area (Å²) in [5.41, 5.74) is 6.00. The molecule has 7 nitrogen and oxygen atoms in total. The molecule has 142 valence electrons. The monoisotopic (exact) mass is 376 g/mol. The van der Waals surface area contributed by atoms with Crippen molar-refractivity contribution < 1.29 is 14.1 Å². The highest BCUT2D eigenvalue weighted by atomic mass is 16.5. The van der Waals surface area contributed by atoms with Crippen molar-refractivity contribution in [1.82, 2.24) is 15.5 Å². The SMILES string of the molecule is Cc1nocc1C(=O)NCc1cncc(-c2ccc3c(c2)CCC(=O)N3C)c1. The fourth-order valence-electron chi connectivity index (χ4n) is 3.37. The van der Waals surface area contributed by atoms with E-state index in [1.54, 1.807) is 24.2 Å². The van der Waals surface area contributed by atoms with E-state index in [-0.39, 0.29) is 11.8 Å². The van der Waals surface area contributed by atoms with Crippen LogP contribution in [0.1, 0.15) is 33.6 Å². The van der Waals surface area contributed by atoms with Crippen molar-refractivity contribution in [1.29, 1.82) is 0 Å². The highest BCUT2D eigenvalue weighted by Gasteiger charge is 2.21. The minimum atomic E-state index is -0.231. The summed E-state index contributed by atoms with van der Waals surface area (Å²) < 4.78 is 4.81. The molecular weight excluding hydrogens is 356 g/mol. The number of hydrogen-bond acceptors (Lipinski definition) is 5. The first-order chi connectivity index (χ1) is 13.5. The maximum Gasteiger partial charge on any atom is 0.256 e. The molecule has 1 N–H and O–H groups in total. The lowest BCUT2D eigenvalue weighted by Crippen LogP contribution is -2.30. The van der Waals surface area contributed by atoms with E-state index in [1.807, 2.05) is 25.2 Å². The summed E-state index contributed by atoms with van der Waals surface area (Å²) in [6.07, 6.45) is 6.14. The molecule has 0 aliphatic carbocycles. The van der Waals surface area contributed by atoms with Crippen LogP contribution in [0.25, 0.3) is 11.1 Å². The molecule has 0 unspecified atom stereocenters. The number of aryl methyl sites for hydroxylation is 2. The molecule has 3 heterocycles. The zero-order valence-corrected chi connectivity index (χ0v) is 15.7. The van der Waals surface area contributed by atoms with Crippen LogP contribution in [0.5, 0.6) is 0 Å². The van der Waals surface area contributed by atoms with Gasteiger partial charge in [-0.3, -0.25) is 14.6 Å². The van der Waals surface area contributed by atoms with Crippen molar-refractivity contribution in [2.45, 2.75) is 26.3 Å². The van der Waals surface area contributed by atoms with Crippen molar-refractivity contribution >= 4 is 17.5 Å². The van der Waals surface area contributed by atoms with Crippen LogP contribution in [0.4, 0.5) is 5.69 Å². The number of hydrogen-bond donors (Lipinski definition) is 1. The average molecular weight is 376 g/mol. The van der Waals surface area contributed by atoms with Gasteiger partial charge in [0, 0.05) is 43.7 Å². The van der Waals surface area contributed by atoms with Crippen LogP contribution in [0, 0.1) is 6.92 Å². The minimum Gasteiger partial charge on any atom is -0.364 e. The van der Waals surface area contributed by atoms with Crippen LogP contribution in [0.2, 0.25) is 0 Å². The lowest BCUT2D eigenvalue weighted by atomic mass is 9.96. The molecule has 1 aromatic carbocycles. The smallest absolute Gasteiger partial charge is 0.256 e. The Kier molecular flexibility index (Phi) is 4.65. The zero-order valence-electron chi connectivity index (χ0n) is 15.7. The van der Waals surface area contributed by atoms with E-state index >= 15 is 0 Å². The number of anilines is 1. The molecule has 1 aliphatic rings. The quantitative estimate of drug-likeness (QED) is 0.756. The molecule has 7 heteroatoms. The van der Waals surface area contributed by atoms with E-state index < -0.39 is 0 Å².